The van der Waals surface area contributed by atoms with Crippen molar-refractivity contribution < 1.29 is 9.59 Å². The van der Waals surface area contributed by atoms with Crippen molar-refractivity contribution >= 4 is 50.9 Å². The summed E-state index contributed by atoms with van der Waals surface area (Å²) in [5.41, 5.74) is 7.33. The van der Waals surface area contributed by atoms with Crippen molar-refractivity contribution in [2.45, 2.75) is 11.7 Å². The second kappa shape index (κ2) is 7.25. The molecule has 0 unspecified atom stereocenters. The van der Waals surface area contributed by atoms with Crippen LogP contribution in [0.4, 0.5) is 11.4 Å². The second-order valence-corrected chi connectivity index (χ2v) is 7.38. The van der Waals surface area contributed by atoms with Crippen LogP contribution in [0.1, 0.15) is 6.42 Å². The molecule has 1 aliphatic rings. The molecule has 0 radical (unpaired) electrons. The van der Waals surface area contributed by atoms with Crippen molar-refractivity contribution in [1.29, 1.82) is 0 Å². The number of imide groups is 1. The van der Waals surface area contributed by atoms with Gasteiger partial charge in [-0.2, -0.15) is 0 Å². The van der Waals surface area contributed by atoms with Crippen molar-refractivity contribution in [3.8, 4) is 0 Å². The van der Waals surface area contributed by atoms with Gasteiger partial charge in [-0.25, -0.2) is 9.89 Å². The normalized spacial score (nSPS) is 17.7. The molecule has 5 nitrogen and oxygen atoms in total. The molecule has 1 atom stereocenters. The Balaban J connectivity index is 1.60. The van der Waals surface area contributed by atoms with Crippen LogP contribution in [0, 0.1) is 0 Å². The van der Waals surface area contributed by atoms with Gasteiger partial charge in [0.25, 0.3) is 0 Å². The van der Waals surface area contributed by atoms with Gasteiger partial charge in [-0.15, -0.1) is 0 Å². The highest BCUT2D eigenvalue weighted by atomic mass is 32.2. The summed E-state index contributed by atoms with van der Waals surface area (Å²) in [6.45, 7) is 0. The van der Waals surface area contributed by atoms with Gasteiger partial charge in [0.2, 0.25) is 11.8 Å². The van der Waals surface area contributed by atoms with Gasteiger partial charge in [-0.1, -0.05) is 66.4 Å². The highest BCUT2D eigenvalue weighted by Gasteiger charge is 2.41. The molecule has 3 aromatic rings. The number of hydrogen-bond acceptors (Lipinski definition) is 4. The minimum atomic E-state index is -0.566. The number of thioether (sulfide) groups is 1. The fraction of sp³-hybridized carbons (Fsp3) is 0.0952. The lowest BCUT2D eigenvalue weighted by Crippen LogP contribution is -2.32. The van der Waals surface area contributed by atoms with E-state index >= 15 is 0 Å². The summed E-state index contributed by atoms with van der Waals surface area (Å²) in [5, 5.41) is 1.56. The second-order valence-electron chi connectivity index (χ2n) is 6.16. The first kappa shape index (κ1) is 17.3. The Labute approximate surface area is 160 Å². The van der Waals surface area contributed by atoms with Crippen molar-refractivity contribution in [2.75, 3.05) is 4.90 Å². The number of nitrogens with zero attached hydrogens (tertiary/aromatic N) is 2. The number of hydrogen-bond donors (Lipinski definition) is 1. The van der Waals surface area contributed by atoms with Crippen LogP contribution >= 0.6 is 11.8 Å². The zero-order valence-electron chi connectivity index (χ0n) is 14.4. The van der Waals surface area contributed by atoms with Gasteiger partial charge in [0.15, 0.2) is 5.17 Å². The molecular formula is C21H17N3O2S. The molecule has 27 heavy (non-hydrogen) atoms. The average Bonchev–Trinajstić information content (AvgIpc) is 2.95. The molecule has 2 N–H and O–H groups in total. The fourth-order valence-electron chi connectivity index (χ4n) is 3.15. The number of nitrogens with two attached hydrogens (primary N) is 1. The SMILES string of the molecule is NC(=Nc1ccccc1)S[C@@H]1CC(=O)N(c2cccc3ccccc23)C1=O. The van der Waals surface area contributed by atoms with Crippen LogP contribution in [-0.2, 0) is 9.59 Å². The lowest BCUT2D eigenvalue weighted by molar-refractivity contribution is -0.121. The molecule has 0 aromatic heterocycles. The Hall–Kier alpha value is -3.12. The maximum absolute atomic E-state index is 12.9. The van der Waals surface area contributed by atoms with E-state index in [1.165, 1.54) is 4.90 Å². The van der Waals surface area contributed by atoms with E-state index in [-0.39, 0.29) is 23.4 Å². The zero-order chi connectivity index (χ0) is 18.8. The molecule has 2 amide bonds. The molecule has 1 aliphatic heterocycles. The monoisotopic (exact) mass is 375 g/mol. The number of amidine groups is 1. The fourth-order valence-corrected chi connectivity index (χ4v) is 4.04. The number of aliphatic imine (C=N–C) groups is 1. The first-order valence-corrected chi connectivity index (χ1v) is 9.42. The van der Waals surface area contributed by atoms with Gasteiger partial charge in [0.05, 0.1) is 11.4 Å². The van der Waals surface area contributed by atoms with E-state index in [2.05, 4.69) is 4.99 Å². The van der Waals surface area contributed by atoms with Gasteiger partial charge in [0, 0.05) is 11.8 Å². The van der Waals surface area contributed by atoms with E-state index in [9.17, 15) is 9.59 Å². The highest BCUT2D eigenvalue weighted by molar-refractivity contribution is 8.15. The zero-order valence-corrected chi connectivity index (χ0v) is 15.2. The van der Waals surface area contributed by atoms with E-state index in [0.717, 1.165) is 22.5 Å². The van der Waals surface area contributed by atoms with Gasteiger partial charge in [0.1, 0.15) is 5.25 Å². The number of fused-ring (bicyclic) bond motifs is 1. The van der Waals surface area contributed by atoms with E-state index in [1.807, 2.05) is 66.7 Å². The number of carbonyl (C=O) groups is 2. The molecule has 4 rings (SSSR count). The number of benzene rings is 3. The highest BCUT2D eigenvalue weighted by Crippen LogP contribution is 2.34. The standard InChI is InChI=1S/C21H17N3O2S/c22-21(23-15-9-2-1-3-10-15)27-18-13-19(25)24(20(18)26)17-12-6-8-14-7-4-5-11-16(14)17/h1-12,18H,13H2,(H2,22,23)/t18-/m1/s1. The summed E-state index contributed by atoms with van der Waals surface area (Å²) in [5.74, 6) is -0.478. The summed E-state index contributed by atoms with van der Waals surface area (Å²) in [6.07, 6.45) is 0.109. The molecule has 6 heteroatoms. The third kappa shape index (κ3) is 3.44. The number of anilines is 1. The van der Waals surface area contributed by atoms with Crippen LogP contribution in [-0.4, -0.2) is 22.2 Å². The molecule has 1 saturated heterocycles. The maximum atomic E-state index is 12.9. The molecule has 1 fully saturated rings. The quantitative estimate of drug-likeness (QED) is 0.429. The van der Waals surface area contributed by atoms with Crippen LogP contribution < -0.4 is 10.6 Å². The summed E-state index contributed by atoms with van der Waals surface area (Å²) >= 11 is 1.13. The summed E-state index contributed by atoms with van der Waals surface area (Å²) in [4.78, 5) is 31.1. The summed E-state index contributed by atoms with van der Waals surface area (Å²) in [6, 6.07) is 22.6. The summed E-state index contributed by atoms with van der Waals surface area (Å²) < 4.78 is 0. The summed E-state index contributed by atoms with van der Waals surface area (Å²) in [7, 11) is 0. The smallest absolute Gasteiger partial charge is 0.247 e. The largest absolute Gasteiger partial charge is 0.378 e. The Morgan fingerprint density at radius 1 is 0.963 bits per heavy atom. The predicted octanol–water partition coefficient (Wildman–Crippen LogP) is 3.85. The first-order valence-electron chi connectivity index (χ1n) is 8.54. The Kier molecular flexibility index (Phi) is 4.64. The molecular weight excluding hydrogens is 358 g/mol. The van der Waals surface area contributed by atoms with Gasteiger partial charge in [-0.3, -0.25) is 9.59 Å². The minimum absolute atomic E-state index is 0.109. The Morgan fingerprint density at radius 3 is 2.48 bits per heavy atom. The van der Waals surface area contributed by atoms with Crippen molar-refractivity contribution in [1.82, 2.24) is 0 Å². The molecule has 1 heterocycles. The van der Waals surface area contributed by atoms with Crippen molar-refractivity contribution in [2.24, 2.45) is 10.7 Å². The van der Waals surface area contributed by atoms with Gasteiger partial charge >= 0.3 is 0 Å². The number of rotatable bonds is 3. The van der Waals surface area contributed by atoms with Crippen LogP contribution in [0.5, 0.6) is 0 Å². The number of carbonyl (C=O) groups excluding carboxylic acids is 2. The Morgan fingerprint density at radius 2 is 1.67 bits per heavy atom. The molecule has 0 saturated carbocycles. The average molecular weight is 375 g/mol. The predicted molar refractivity (Wildman–Crippen MR) is 110 cm³/mol. The Bertz CT molecular complexity index is 1040. The number of para-hydroxylation sites is 1. The number of amides is 2. The van der Waals surface area contributed by atoms with Crippen LogP contribution in [0.25, 0.3) is 10.8 Å². The minimum Gasteiger partial charge on any atom is -0.378 e. The molecule has 3 aromatic carbocycles. The molecule has 134 valence electrons. The third-order valence-corrected chi connectivity index (χ3v) is 5.36. The van der Waals surface area contributed by atoms with Crippen LogP contribution in [0.2, 0.25) is 0 Å². The lowest BCUT2D eigenvalue weighted by atomic mass is 10.1. The lowest BCUT2D eigenvalue weighted by Gasteiger charge is -2.17. The van der Waals surface area contributed by atoms with Crippen molar-refractivity contribution in [3.63, 3.8) is 0 Å². The van der Waals surface area contributed by atoms with E-state index in [1.54, 1.807) is 6.07 Å². The maximum Gasteiger partial charge on any atom is 0.247 e. The molecule has 0 spiro atoms. The van der Waals surface area contributed by atoms with Gasteiger partial charge < -0.3 is 5.73 Å². The van der Waals surface area contributed by atoms with Crippen LogP contribution in [0.3, 0.4) is 0 Å². The van der Waals surface area contributed by atoms with E-state index < -0.39 is 5.25 Å². The molecule has 0 aliphatic carbocycles. The van der Waals surface area contributed by atoms with E-state index in [4.69, 9.17) is 5.73 Å². The van der Waals surface area contributed by atoms with Gasteiger partial charge in [-0.05, 0) is 23.6 Å². The molecule has 0 bridgehead atoms. The van der Waals surface area contributed by atoms with E-state index in [0.29, 0.717) is 11.4 Å². The van der Waals surface area contributed by atoms with Crippen molar-refractivity contribution in [3.05, 3.63) is 72.8 Å². The van der Waals surface area contributed by atoms with Crippen LogP contribution in [0.15, 0.2) is 77.8 Å². The third-order valence-electron chi connectivity index (χ3n) is 4.37. The first-order chi connectivity index (χ1) is 13.1. The topological polar surface area (TPSA) is 75.8 Å².